The molecule has 0 saturated heterocycles. The molecule has 154 valence electrons. The van der Waals surface area contributed by atoms with E-state index in [1.54, 1.807) is 38.1 Å². The number of hydrogen-bond acceptors (Lipinski definition) is 5. The van der Waals surface area contributed by atoms with Crippen LogP contribution in [0, 0.1) is 0 Å². The molecule has 0 aliphatic rings. The Morgan fingerprint density at radius 2 is 1.66 bits per heavy atom. The molecule has 0 radical (unpaired) electrons. The standard InChI is InChI=1S/C21H25N3O5/c1-14(2)23-19(25)13-28-20(26)12-18(24-21(22)27)15-7-6-10-17(11-15)29-16-8-4-3-5-9-16/h3-11,14,18H,12-13H2,1-2H3,(H,23,25)(H3,22,24,27)/t18-/m1/s1. The number of para-hydroxylation sites is 1. The first kappa shape index (κ1) is 21.7. The molecule has 8 nitrogen and oxygen atoms in total. The number of benzene rings is 2. The molecule has 1 atom stereocenters. The summed E-state index contributed by atoms with van der Waals surface area (Å²) < 4.78 is 10.8. The monoisotopic (exact) mass is 399 g/mol. The van der Waals surface area contributed by atoms with Crippen LogP contribution in [0.15, 0.2) is 54.6 Å². The zero-order valence-corrected chi connectivity index (χ0v) is 16.4. The molecule has 0 heterocycles. The Bertz CT molecular complexity index is 839. The van der Waals surface area contributed by atoms with E-state index < -0.39 is 30.6 Å². The van der Waals surface area contributed by atoms with Gasteiger partial charge in [-0.15, -0.1) is 0 Å². The van der Waals surface area contributed by atoms with Crippen LogP contribution >= 0.6 is 0 Å². The predicted molar refractivity (Wildman–Crippen MR) is 107 cm³/mol. The summed E-state index contributed by atoms with van der Waals surface area (Å²) in [5, 5.41) is 5.14. The Hall–Kier alpha value is -3.55. The highest BCUT2D eigenvalue weighted by molar-refractivity contribution is 5.81. The van der Waals surface area contributed by atoms with Crippen molar-refractivity contribution in [3.8, 4) is 11.5 Å². The number of carbonyl (C=O) groups excluding carboxylic acids is 3. The molecule has 0 saturated carbocycles. The van der Waals surface area contributed by atoms with Crippen molar-refractivity contribution in [3.63, 3.8) is 0 Å². The average Bonchev–Trinajstić information content (AvgIpc) is 2.66. The second kappa shape index (κ2) is 10.7. The minimum Gasteiger partial charge on any atom is -0.457 e. The van der Waals surface area contributed by atoms with Crippen molar-refractivity contribution in [3.05, 3.63) is 60.2 Å². The number of nitrogens with one attached hydrogen (secondary N) is 2. The van der Waals surface area contributed by atoms with Crippen LogP contribution in [0.25, 0.3) is 0 Å². The first-order valence-corrected chi connectivity index (χ1v) is 9.17. The minimum absolute atomic E-state index is 0.0576. The third kappa shape index (κ3) is 7.92. The Labute approximate surface area is 169 Å². The second-order valence-corrected chi connectivity index (χ2v) is 6.64. The SMILES string of the molecule is CC(C)NC(=O)COC(=O)C[C@@H](NC(N)=O)c1cccc(Oc2ccccc2)c1. The molecule has 2 rings (SSSR count). The van der Waals surface area contributed by atoms with Gasteiger partial charge < -0.3 is 25.8 Å². The molecule has 2 aromatic carbocycles. The maximum atomic E-state index is 12.1. The van der Waals surface area contributed by atoms with Crippen molar-refractivity contribution in [2.24, 2.45) is 5.73 Å². The number of primary amides is 1. The van der Waals surface area contributed by atoms with E-state index in [0.717, 1.165) is 0 Å². The molecule has 0 bridgehead atoms. The fourth-order valence-electron chi connectivity index (χ4n) is 2.58. The molecule has 0 fully saturated rings. The topological polar surface area (TPSA) is 120 Å². The maximum Gasteiger partial charge on any atom is 0.312 e. The molecule has 0 aliphatic carbocycles. The second-order valence-electron chi connectivity index (χ2n) is 6.64. The fraction of sp³-hybridized carbons (Fsp3) is 0.286. The molecule has 29 heavy (non-hydrogen) atoms. The van der Waals surface area contributed by atoms with Gasteiger partial charge in [0.1, 0.15) is 11.5 Å². The summed E-state index contributed by atoms with van der Waals surface area (Å²) in [5.41, 5.74) is 5.86. The van der Waals surface area contributed by atoms with Gasteiger partial charge in [-0.3, -0.25) is 9.59 Å². The van der Waals surface area contributed by atoms with Crippen molar-refractivity contribution >= 4 is 17.9 Å². The van der Waals surface area contributed by atoms with Crippen molar-refractivity contribution in [1.29, 1.82) is 0 Å². The van der Waals surface area contributed by atoms with Crippen LogP contribution in [0.2, 0.25) is 0 Å². The molecule has 0 aromatic heterocycles. The van der Waals surface area contributed by atoms with Gasteiger partial charge in [0.15, 0.2) is 6.61 Å². The Morgan fingerprint density at radius 1 is 0.966 bits per heavy atom. The molecular weight excluding hydrogens is 374 g/mol. The van der Waals surface area contributed by atoms with Crippen molar-refractivity contribution < 1.29 is 23.9 Å². The summed E-state index contributed by atoms with van der Waals surface area (Å²) in [6.07, 6.45) is -0.188. The van der Waals surface area contributed by atoms with Gasteiger partial charge in [-0.25, -0.2) is 4.79 Å². The smallest absolute Gasteiger partial charge is 0.312 e. The van der Waals surface area contributed by atoms with Gasteiger partial charge in [0.25, 0.3) is 5.91 Å². The number of amides is 3. The fourth-order valence-corrected chi connectivity index (χ4v) is 2.58. The number of nitrogens with two attached hydrogens (primary N) is 1. The molecule has 3 amide bonds. The normalized spacial score (nSPS) is 11.4. The largest absolute Gasteiger partial charge is 0.457 e. The summed E-state index contributed by atoms with van der Waals surface area (Å²) in [7, 11) is 0. The number of esters is 1. The minimum atomic E-state index is -0.783. The lowest BCUT2D eigenvalue weighted by Crippen LogP contribution is -2.36. The van der Waals surface area contributed by atoms with Crippen LogP contribution < -0.4 is 21.1 Å². The van der Waals surface area contributed by atoms with E-state index in [9.17, 15) is 14.4 Å². The lowest BCUT2D eigenvalue weighted by Gasteiger charge is -2.18. The van der Waals surface area contributed by atoms with Gasteiger partial charge in [-0.05, 0) is 43.7 Å². The van der Waals surface area contributed by atoms with E-state index in [1.165, 1.54) is 0 Å². The Kier molecular flexibility index (Phi) is 8.02. The summed E-state index contributed by atoms with van der Waals surface area (Å²) in [4.78, 5) is 35.2. The predicted octanol–water partition coefficient (Wildman–Crippen LogP) is 2.65. The molecule has 2 aromatic rings. The van der Waals surface area contributed by atoms with Crippen molar-refractivity contribution in [2.75, 3.05) is 6.61 Å². The van der Waals surface area contributed by atoms with Gasteiger partial charge >= 0.3 is 12.0 Å². The highest BCUT2D eigenvalue weighted by Crippen LogP contribution is 2.26. The van der Waals surface area contributed by atoms with Crippen LogP contribution in [-0.2, 0) is 14.3 Å². The number of urea groups is 1. The number of hydrogen-bond donors (Lipinski definition) is 3. The number of ether oxygens (including phenoxy) is 2. The third-order valence-corrected chi connectivity index (χ3v) is 3.74. The average molecular weight is 399 g/mol. The van der Waals surface area contributed by atoms with Gasteiger partial charge in [-0.2, -0.15) is 0 Å². The first-order valence-electron chi connectivity index (χ1n) is 9.17. The number of carbonyl (C=O) groups is 3. The zero-order valence-electron chi connectivity index (χ0n) is 16.4. The Balaban J connectivity index is 2.05. The summed E-state index contributed by atoms with van der Waals surface area (Å²) in [5.74, 6) is 0.150. The van der Waals surface area contributed by atoms with E-state index >= 15 is 0 Å². The van der Waals surface area contributed by atoms with E-state index in [-0.39, 0.29) is 12.5 Å². The van der Waals surface area contributed by atoms with E-state index in [2.05, 4.69) is 10.6 Å². The third-order valence-electron chi connectivity index (χ3n) is 3.74. The first-order chi connectivity index (χ1) is 13.8. The molecule has 8 heteroatoms. The van der Waals surface area contributed by atoms with Gasteiger partial charge in [0.05, 0.1) is 12.5 Å². The van der Waals surface area contributed by atoms with Crippen LogP contribution in [0.3, 0.4) is 0 Å². The quantitative estimate of drug-likeness (QED) is 0.560. The molecule has 0 aliphatic heterocycles. The molecular formula is C21H25N3O5. The molecule has 4 N–H and O–H groups in total. The van der Waals surface area contributed by atoms with Crippen LogP contribution in [0.1, 0.15) is 31.9 Å². The van der Waals surface area contributed by atoms with E-state index in [4.69, 9.17) is 15.2 Å². The summed E-state index contributed by atoms with van der Waals surface area (Å²) in [6, 6.07) is 14.6. The van der Waals surface area contributed by atoms with Crippen molar-refractivity contribution in [1.82, 2.24) is 10.6 Å². The summed E-state index contributed by atoms with van der Waals surface area (Å²) in [6.45, 7) is 3.21. The Morgan fingerprint density at radius 3 is 2.31 bits per heavy atom. The maximum absolute atomic E-state index is 12.1. The lowest BCUT2D eigenvalue weighted by molar-refractivity contribution is -0.149. The summed E-state index contributed by atoms with van der Waals surface area (Å²) >= 11 is 0. The molecule has 0 unspecified atom stereocenters. The highest BCUT2D eigenvalue weighted by Gasteiger charge is 2.20. The van der Waals surface area contributed by atoms with Gasteiger partial charge in [0.2, 0.25) is 0 Å². The van der Waals surface area contributed by atoms with Crippen molar-refractivity contribution in [2.45, 2.75) is 32.4 Å². The van der Waals surface area contributed by atoms with Gasteiger partial charge in [0, 0.05) is 6.04 Å². The van der Waals surface area contributed by atoms with Gasteiger partial charge in [-0.1, -0.05) is 30.3 Å². The lowest BCUT2D eigenvalue weighted by atomic mass is 10.0. The molecule has 0 spiro atoms. The van der Waals surface area contributed by atoms with Crippen LogP contribution in [-0.4, -0.2) is 30.6 Å². The van der Waals surface area contributed by atoms with Crippen LogP contribution in [0.4, 0.5) is 4.79 Å². The van der Waals surface area contributed by atoms with E-state index in [1.807, 2.05) is 30.3 Å². The number of rotatable bonds is 9. The van der Waals surface area contributed by atoms with E-state index in [0.29, 0.717) is 17.1 Å². The highest BCUT2D eigenvalue weighted by atomic mass is 16.5. The zero-order chi connectivity index (χ0) is 21.2. The van der Waals surface area contributed by atoms with Crippen LogP contribution in [0.5, 0.6) is 11.5 Å².